The summed E-state index contributed by atoms with van der Waals surface area (Å²) in [5.41, 5.74) is -0.174. The molecule has 3 aliphatic carbocycles. The van der Waals surface area contributed by atoms with Crippen molar-refractivity contribution < 1.29 is 18.3 Å². The fourth-order valence-electron chi connectivity index (χ4n) is 5.54. The van der Waals surface area contributed by atoms with Gasteiger partial charge < -0.3 is 4.74 Å². The molecule has 4 aliphatic rings. The molecule has 10 heteroatoms. The molecule has 1 aromatic carbocycles. The van der Waals surface area contributed by atoms with Crippen molar-refractivity contribution in [2.45, 2.75) is 38.6 Å². The van der Waals surface area contributed by atoms with Crippen molar-refractivity contribution >= 4 is 12.1 Å². The summed E-state index contributed by atoms with van der Waals surface area (Å²) >= 11 is 0. The molecule has 174 valence electrons. The summed E-state index contributed by atoms with van der Waals surface area (Å²) < 4.78 is 36.1. The molecule has 2 bridgehead atoms. The number of ether oxygens (including phenoxy) is 1. The Morgan fingerprint density at radius 2 is 2.00 bits per heavy atom. The van der Waals surface area contributed by atoms with Gasteiger partial charge >= 0.3 is 0 Å². The SMILES string of the molecule is Cc1cc(F)c(C2CC=NN2C(=O)C23CC(COc4cnc(-n5cccn5)cn4)(C2)C3)cc1F. The van der Waals surface area contributed by atoms with E-state index in [4.69, 9.17) is 4.74 Å². The largest absolute Gasteiger partial charge is 0.476 e. The lowest BCUT2D eigenvalue weighted by molar-refractivity contribution is -0.227. The van der Waals surface area contributed by atoms with E-state index in [1.807, 2.05) is 0 Å². The minimum Gasteiger partial charge on any atom is -0.476 e. The molecular weight excluding hydrogens is 442 g/mol. The van der Waals surface area contributed by atoms with Crippen LogP contribution >= 0.6 is 0 Å². The minimum absolute atomic E-state index is 0.0713. The van der Waals surface area contributed by atoms with E-state index in [1.54, 1.807) is 41.8 Å². The smallest absolute Gasteiger partial charge is 0.249 e. The van der Waals surface area contributed by atoms with Crippen LogP contribution in [0.2, 0.25) is 0 Å². The van der Waals surface area contributed by atoms with Crippen molar-refractivity contribution in [3.05, 3.63) is 65.7 Å². The molecule has 0 N–H and O–H groups in total. The highest BCUT2D eigenvalue weighted by Crippen LogP contribution is 2.74. The third kappa shape index (κ3) is 3.19. The Balaban J connectivity index is 1.08. The van der Waals surface area contributed by atoms with Crippen LogP contribution in [-0.2, 0) is 4.79 Å². The van der Waals surface area contributed by atoms with Crippen LogP contribution in [0, 0.1) is 29.4 Å². The van der Waals surface area contributed by atoms with Crippen LogP contribution in [0.3, 0.4) is 0 Å². The number of carbonyl (C=O) groups excluding carboxylic acids is 1. The number of carbonyl (C=O) groups is 1. The quantitative estimate of drug-likeness (QED) is 0.555. The van der Waals surface area contributed by atoms with E-state index >= 15 is 0 Å². The first-order valence-electron chi connectivity index (χ1n) is 11.1. The molecule has 3 fully saturated rings. The maximum Gasteiger partial charge on any atom is 0.249 e. The Kier molecular flexibility index (Phi) is 4.55. The molecule has 3 aromatic rings. The zero-order chi connectivity index (χ0) is 23.5. The van der Waals surface area contributed by atoms with Crippen molar-refractivity contribution in [3.63, 3.8) is 0 Å². The zero-order valence-corrected chi connectivity index (χ0v) is 18.5. The standard InChI is InChI=1S/C24H22F2N6O2/c1-15-7-18(26)16(8-17(15)25)19-3-5-30-32(19)22(33)24-11-23(12-24,13-24)14-34-21-10-27-20(9-28-21)31-6-2-4-29-31/h2,4-10,19H,3,11-14H2,1H3. The molecule has 34 heavy (non-hydrogen) atoms. The van der Waals surface area contributed by atoms with Crippen LogP contribution in [-0.4, -0.2) is 43.5 Å². The number of hydrogen-bond acceptors (Lipinski definition) is 6. The Morgan fingerprint density at radius 3 is 2.71 bits per heavy atom. The molecule has 0 saturated heterocycles. The summed E-state index contributed by atoms with van der Waals surface area (Å²) in [5, 5.41) is 9.67. The third-order valence-corrected chi connectivity index (χ3v) is 7.15. The van der Waals surface area contributed by atoms with Crippen LogP contribution in [0.4, 0.5) is 8.78 Å². The minimum atomic E-state index is -0.618. The number of aryl methyl sites for hydroxylation is 1. The first-order chi connectivity index (χ1) is 16.4. The predicted octanol–water partition coefficient (Wildman–Crippen LogP) is 3.76. The molecule has 1 atom stereocenters. The van der Waals surface area contributed by atoms with Crippen LogP contribution in [0.15, 0.2) is 48.1 Å². The van der Waals surface area contributed by atoms with E-state index in [1.165, 1.54) is 24.1 Å². The summed E-state index contributed by atoms with van der Waals surface area (Å²) in [6.07, 6.45) is 10.6. The van der Waals surface area contributed by atoms with Gasteiger partial charge in [-0.2, -0.15) is 10.2 Å². The van der Waals surface area contributed by atoms with Crippen molar-refractivity contribution in [2.24, 2.45) is 15.9 Å². The second-order valence-electron chi connectivity index (χ2n) is 9.58. The van der Waals surface area contributed by atoms with E-state index in [0.717, 1.165) is 0 Å². The number of rotatable bonds is 6. The van der Waals surface area contributed by atoms with Gasteiger partial charge in [-0.15, -0.1) is 0 Å². The summed E-state index contributed by atoms with van der Waals surface area (Å²) in [6, 6.07) is 3.54. The number of benzene rings is 1. The lowest BCUT2D eigenvalue weighted by Gasteiger charge is -2.69. The number of hydrazone groups is 1. The Bertz CT molecular complexity index is 1270. The summed E-state index contributed by atoms with van der Waals surface area (Å²) in [5.74, 6) is -0.121. The summed E-state index contributed by atoms with van der Waals surface area (Å²) in [4.78, 5) is 21.9. The molecule has 2 aromatic heterocycles. The number of aromatic nitrogens is 4. The van der Waals surface area contributed by atoms with Gasteiger partial charge in [-0.1, -0.05) is 0 Å². The number of amides is 1. The lowest BCUT2D eigenvalue weighted by atomic mass is 9.35. The molecule has 1 unspecified atom stereocenters. The second kappa shape index (κ2) is 7.41. The zero-order valence-electron chi connectivity index (χ0n) is 18.5. The molecule has 1 amide bonds. The van der Waals surface area contributed by atoms with E-state index in [2.05, 4.69) is 20.2 Å². The average molecular weight is 464 g/mol. The Morgan fingerprint density at radius 1 is 1.18 bits per heavy atom. The fraction of sp³-hybridized carbons (Fsp3) is 0.375. The van der Waals surface area contributed by atoms with Gasteiger partial charge in [0.05, 0.1) is 30.5 Å². The second-order valence-corrected chi connectivity index (χ2v) is 9.58. The third-order valence-electron chi connectivity index (χ3n) is 7.15. The normalized spacial score (nSPS) is 26.8. The number of nitrogens with zero attached hydrogens (tertiary/aromatic N) is 6. The molecule has 0 spiro atoms. The van der Waals surface area contributed by atoms with Crippen molar-refractivity contribution in [2.75, 3.05) is 6.61 Å². The van der Waals surface area contributed by atoms with Gasteiger partial charge in [0.1, 0.15) is 11.6 Å². The van der Waals surface area contributed by atoms with Crippen molar-refractivity contribution in [3.8, 4) is 11.7 Å². The monoisotopic (exact) mass is 464 g/mol. The molecule has 1 aliphatic heterocycles. The van der Waals surface area contributed by atoms with Gasteiger partial charge in [-0.25, -0.2) is 28.4 Å². The summed E-state index contributed by atoms with van der Waals surface area (Å²) in [6.45, 7) is 1.96. The Labute approximate surface area is 194 Å². The fourth-order valence-corrected chi connectivity index (χ4v) is 5.54. The average Bonchev–Trinajstić information content (AvgIpc) is 3.47. The Hall–Kier alpha value is -3.69. The molecule has 3 heterocycles. The highest BCUT2D eigenvalue weighted by atomic mass is 19.1. The lowest BCUT2D eigenvalue weighted by Crippen LogP contribution is -2.69. The highest BCUT2D eigenvalue weighted by molar-refractivity contribution is 5.88. The van der Waals surface area contributed by atoms with Gasteiger partial charge in [0.25, 0.3) is 0 Å². The molecular formula is C24H22F2N6O2. The topological polar surface area (TPSA) is 85.5 Å². The molecule has 0 radical (unpaired) electrons. The first kappa shape index (κ1) is 20.9. The maximum absolute atomic E-state index is 14.6. The van der Waals surface area contributed by atoms with E-state index < -0.39 is 23.1 Å². The molecule has 3 saturated carbocycles. The number of halogens is 2. The van der Waals surface area contributed by atoms with Crippen LogP contribution in [0.25, 0.3) is 5.82 Å². The van der Waals surface area contributed by atoms with Gasteiger partial charge in [-0.3, -0.25) is 4.79 Å². The highest BCUT2D eigenvalue weighted by Gasteiger charge is 2.73. The van der Waals surface area contributed by atoms with E-state index in [0.29, 0.717) is 44.0 Å². The molecule has 7 rings (SSSR count). The number of hydrogen-bond donors (Lipinski definition) is 0. The van der Waals surface area contributed by atoms with E-state index in [-0.39, 0.29) is 22.4 Å². The van der Waals surface area contributed by atoms with Crippen LogP contribution in [0.1, 0.15) is 42.9 Å². The van der Waals surface area contributed by atoms with Gasteiger partial charge in [-0.05, 0) is 49.9 Å². The van der Waals surface area contributed by atoms with Crippen molar-refractivity contribution in [1.82, 2.24) is 24.8 Å². The van der Waals surface area contributed by atoms with Crippen LogP contribution < -0.4 is 4.74 Å². The van der Waals surface area contributed by atoms with Gasteiger partial charge in [0.15, 0.2) is 5.82 Å². The maximum atomic E-state index is 14.6. The van der Waals surface area contributed by atoms with E-state index in [9.17, 15) is 13.6 Å². The van der Waals surface area contributed by atoms with Crippen LogP contribution in [0.5, 0.6) is 5.88 Å². The predicted molar refractivity (Wildman–Crippen MR) is 117 cm³/mol. The molecule has 8 nitrogen and oxygen atoms in total. The first-order valence-corrected chi connectivity index (χ1v) is 11.1. The van der Waals surface area contributed by atoms with Gasteiger partial charge in [0.2, 0.25) is 11.8 Å². The van der Waals surface area contributed by atoms with Gasteiger partial charge in [0, 0.05) is 36.0 Å². The summed E-state index contributed by atoms with van der Waals surface area (Å²) in [7, 11) is 0. The van der Waals surface area contributed by atoms with Crippen molar-refractivity contribution in [1.29, 1.82) is 0 Å².